The number of fused-ring (bicyclic) bond motifs is 2. The highest BCUT2D eigenvalue weighted by atomic mass is 32.2. The fourth-order valence-electron chi connectivity index (χ4n) is 3.49. The summed E-state index contributed by atoms with van der Waals surface area (Å²) in [4.78, 5) is 12.2. The van der Waals surface area contributed by atoms with Crippen molar-refractivity contribution < 1.29 is 4.74 Å². The topological polar surface area (TPSA) is 38.2 Å². The van der Waals surface area contributed by atoms with Crippen molar-refractivity contribution in [1.82, 2.24) is 14.9 Å². The monoisotopic (exact) mass is 405 g/mol. The van der Waals surface area contributed by atoms with Gasteiger partial charge in [0, 0.05) is 24.3 Å². The van der Waals surface area contributed by atoms with Gasteiger partial charge in [-0.1, -0.05) is 61.9 Å². The SMILES string of the molecule is CCN(CC)CCSc1nc(-c2ccc(C)cc2)nc2c1Cc1ccccc1O2. The van der Waals surface area contributed by atoms with Gasteiger partial charge >= 0.3 is 0 Å². The Bertz CT molecular complexity index is 984. The van der Waals surface area contributed by atoms with Gasteiger partial charge < -0.3 is 9.64 Å². The molecule has 3 aromatic rings. The molecular weight excluding hydrogens is 378 g/mol. The summed E-state index contributed by atoms with van der Waals surface area (Å²) >= 11 is 1.81. The molecular formula is C24H27N3OS. The number of thioether (sulfide) groups is 1. The zero-order chi connectivity index (χ0) is 20.2. The van der Waals surface area contributed by atoms with Crippen LogP contribution < -0.4 is 4.74 Å². The van der Waals surface area contributed by atoms with E-state index < -0.39 is 0 Å². The van der Waals surface area contributed by atoms with Crippen LogP contribution in [0.2, 0.25) is 0 Å². The number of aryl methyl sites for hydroxylation is 1. The minimum Gasteiger partial charge on any atom is -0.438 e. The first-order chi connectivity index (χ1) is 14.2. The lowest BCUT2D eigenvalue weighted by Crippen LogP contribution is -2.25. The third kappa shape index (κ3) is 4.46. The average Bonchev–Trinajstić information content (AvgIpc) is 2.75. The lowest BCUT2D eigenvalue weighted by molar-refractivity contribution is 0.324. The number of ether oxygens (including phenoxy) is 1. The molecule has 150 valence electrons. The van der Waals surface area contributed by atoms with Gasteiger partial charge in [0.1, 0.15) is 10.8 Å². The second-order valence-electron chi connectivity index (χ2n) is 7.26. The largest absolute Gasteiger partial charge is 0.438 e. The maximum absolute atomic E-state index is 6.20. The number of aromatic nitrogens is 2. The Morgan fingerprint density at radius 1 is 1.00 bits per heavy atom. The molecule has 4 nitrogen and oxygen atoms in total. The maximum Gasteiger partial charge on any atom is 0.227 e. The normalized spacial score (nSPS) is 12.4. The van der Waals surface area contributed by atoms with Crippen molar-refractivity contribution in [2.75, 3.05) is 25.4 Å². The van der Waals surface area contributed by atoms with Crippen LogP contribution in [0, 0.1) is 6.92 Å². The third-order valence-electron chi connectivity index (χ3n) is 5.33. The van der Waals surface area contributed by atoms with Gasteiger partial charge in [-0.3, -0.25) is 0 Å². The number of hydrogen-bond donors (Lipinski definition) is 0. The van der Waals surface area contributed by atoms with E-state index in [9.17, 15) is 0 Å². The Morgan fingerprint density at radius 3 is 2.52 bits per heavy atom. The van der Waals surface area contributed by atoms with Crippen molar-refractivity contribution >= 4 is 11.8 Å². The van der Waals surface area contributed by atoms with Crippen LogP contribution >= 0.6 is 11.8 Å². The smallest absolute Gasteiger partial charge is 0.227 e. The molecule has 1 aliphatic rings. The molecule has 0 aliphatic carbocycles. The fraction of sp³-hybridized carbons (Fsp3) is 0.333. The highest BCUT2D eigenvalue weighted by molar-refractivity contribution is 7.99. The molecule has 0 atom stereocenters. The first-order valence-electron chi connectivity index (χ1n) is 10.3. The van der Waals surface area contributed by atoms with Crippen LogP contribution in [0.5, 0.6) is 11.6 Å². The molecule has 0 N–H and O–H groups in total. The first kappa shape index (κ1) is 19.9. The summed E-state index contributed by atoms with van der Waals surface area (Å²) in [5.74, 6) is 3.32. The van der Waals surface area contributed by atoms with Crippen LogP contribution in [0.25, 0.3) is 11.4 Å². The Balaban J connectivity index is 1.68. The summed E-state index contributed by atoms with van der Waals surface area (Å²) < 4.78 is 6.20. The Labute approximate surface area is 177 Å². The van der Waals surface area contributed by atoms with Crippen LogP contribution in [-0.2, 0) is 6.42 Å². The van der Waals surface area contributed by atoms with Gasteiger partial charge in [0.15, 0.2) is 5.82 Å². The minimum absolute atomic E-state index is 0.694. The summed E-state index contributed by atoms with van der Waals surface area (Å²) in [6.45, 7) is 9.70. The van der Waals surface area contributed by atoms with Crippen molar-refractivity contribution in [3.8, 4) is 23.0 Å². The third-order valence-corrected chi connectivity index (χ3v) is 6.33. The molecule has 0 bridgehead atoms. The van der Waals surface area contributed by atoms with Gasteiger partial charge in [0.2, 0.25) is 5.88 Å². The van der Waals surface area contributed by atoms with Gasteiger partial charge in [-0.15, -0.1) is 11.8 Å². The molecule has 1 aliphatic heterocycles. The number of rotatable bonds is 7. The number of benzene rings is 2. The Morgan fingerprint density at radius 2 is 1.76 bits per heavy atom. The lowest BCUT2D eigenvalue weighted by atomic mass is 10.0. The number of hydrogen-bond acceptors (Lipinski definition) is 5. The van der Waals surface area contributed by atoms with Crippen LogP contribution in [-0.4, -0.2) is 40.3 Å². The van der Waals surface area contributed by atoms with Gasteiger partial charge in [-0.2, -0.15) is 4.98 Å². The van der Waals surface area contributed by atoms with Crippen LogP contribution in [0.15, 0.2) is 53.6 Å². The predicted molar refractivity (Wildman–Crippen MR) is 120 cm³/mol. The molecule has 0 fully saturated rings. The van der Waals surface area contributed by atoms with E-state index in [1.165, 1.54) is 11.1 Å². The van der Waals surface area contributed by atoms with Gasteiger partial charge in [-0.25, -0.2) is 4.98 Å². The highest BCUT2D eigenvalue weighted by Crippen LogP contribution is 2.40. The van der Waals surface area contributed by atoms with E-state index in [2.05, 4.69) is 62.1 Å². The Hall–Kier alpha value is -2.37. The molecule has 0 spiro atoms. The fourth-order valence-corrected chi connectivity index (χ4v) is 4.51. The van der Waals surface area contributed by atoms with Crippen molar-refractivity contribution in [3.05, 3.63) is 65.2 Å². The molecule has 0 radical (unpaired) electrons. The second-order valence-corrected chi connectivity index (χ2v) is 8.35. The molecule has 0 saturated carbocycles. The summed E-state index contributed by atoms with van der Waals surface area (Å²) in [6.07, 6.45) is 0.813. The van der Waals surface area contributed by atoms with Crippen molar-refractivity contribution in [2.45, 2.75) is 32.2 Å². The highest BCUT2D eigenvalue weighted by Gasteiger charge is 2.24. The summed E-state index contributed by atoms with van der Waals surface area (Å²) in [5.41, 5.74) is 4.54. The maximum atomic E-state index is 6.20. The lowest BCUT2D eigenvalue weighted by Gasteiger charge is -2.22. The van der Waals surface area contributed by atoms with E-state index >= 15 is 0 Å². The molecule has 0 unspecified atom stereocenters. The van der Waals surface area contributed by atoms with Crippen LogP contribution in [0.4, 0.5) is 0 Å². The van der Waals surface area contributed by atoms with Crippen molar-refractivity contribution in [2.24, 2.45) is 0 Å². The molecule has 2 aromatic carbocycles. The first-order valence-corrected chi connectivity index (χ1v) is 11.2. The van der Waals surface area contributed by atoms with Gasteiger partial charge in [0.25, 0.3) is 0 Å². The zero-order valence-corrected chi connectivity index (χ0v) is 18.1. The van der Waals surface area contributed by atoms with E-state index in [0.717, 1.165) is 59.5 Å². The number of nitrogens with zero attached hydrogens (tertiary/aromatic N) is 3. The Kier molecular flexibility index (Phi) is 6.16. The minimum atomic E-state index is 0.694. The molecule has 0 saturated heterocycles. The molecule has 29 heavy (non-hydrogen) atoms. The van der Waals surface area contributed by atoms with E-state index in [-0.39, 0.29) is 0 Å². The van der Waals surface area contributed by atoms with E-state index in [0.29, 0.717) is 5.88 Å². The van der Waals surface area contributed by atoms with Gasteiger partial charge in [-0.05, 0) is 31.6 Å². The van der Waals surface area contributed by atoms with Crippen LogP contribution in [0.3, 0.4) is 0 Å². The summed E-state index contributed by atoms with van der Waals surface area (Å²) in [5, 5.41) is 1.03. The molecule has 0 amide bonds. The van der Waals surface area contributed by atoms with E-state index in [4.69, 9.17) is 14.7 Å². The van der Waals surface area contributed by atoms with E-state index in [1.807, 2.05) is 23.9 Å². The van der Waals surface area contributed by atoms with E-state index in [1.54, 1.807) is 0 Å². The second kappa shape index (κ2) is 8.97. The standard InChI is InChI=1S/C24H27N3OS/c1-4-27(5-2)14-15-29-24-20-16-19-8-6-7-9-21(19)28-23(20)25-22(26-24)18-12-10-17(3)11-13-18/h6-13H,4-5,14-16H2,1-3H3. The molecule has 4 rings (SSSR count). The number of para-hydroxylation sites is 1. The van der Waals surface area contributed by atoms with Crippen molar-refractivity contribution in [1.29, 1.82) is 0 Å². The van der Waals surface area contributed by atoms with Crippen LogP contribution in [0.1, 0.15) is 30.5 Å². The summed E-state index contributed by atoms with van der Waals surface area (Å²) in [6, 6.07) is 16.6. The summed E-state index contributed by atoms with van der Waals surface area (Å²) in [7, 11) is 0. The zero-order valence-electron chi connectivity index (χ0n) is 17.3. The van der Waals surface area contributed by atoms with Gasteiger partial charge in [0.05, 0.1) is 5.56 Å². The molecule has 2 heterocycles. The predicted octanol–water partition coefficient (Wildman–Crippen LogP) is 5.58. The molecule has 1 aromatic heterocycles. The van der Waals surface area contributed by atoms with Crippen molar-refractivity contribution in [3.63, 3.8) is 0 Å². The average molecular weight is 406 g/mol. The quantitative estimate of drug-likeness (QED) is 0.296. The molecule has 5 heteroatoms.